The molecule has 1 aromatic carbocycles. The number of nitrogens with two attached hydrogens (primary N) is 1. The van der Waals surface area contributed by atoms with Gasteiger partial charge in [0.15, 0.2) is 11.6 Å². The maximum Gasteiger partial charge on any atom is 0.415 e. The van der Waals surface area contributed by atoms with Gasteiger partial charge in [-0.25, -0.2) is 9.18 Å². The number of carbonyl (C=O) groups is 2. The number of nitrogens with zero attached hydrogens (tertiary/aromatic N) is 1. The highest BCUT2D eigenvalue weighted by Gasteiger charge is 2.24. The molecule has 0 bridgehead atoms. The molecule has 1 aliphatic rings. The van der Waals surface area contributed by atoms with E-state index in [1.807, 2.05) is 0 Å². The Morgan fingerprint density at radius 1 is 1.26 bits per heavy atom. The SMILES string of the molecule is Cc1cc2c(OC(=O)N3CCCCC3)c(F)cc(C(N)=O)c2[nH]1. The van der Waals surface area contributed by atoms with Crippen LogP contribution in [0.3, 0.4) is 0 Å². The topological polar surface area (TPSA) is 88.4 Å². The van der Waals surface area contributed by atoms with E-state index in [0.29, 0.717) is 29.7 Å². The Kier molecular flexibility index (Phi) is 3.94. The van der Waals surface area contributed by atoms with E-state index >= 15 is 0 Å². The van der Waals surface area contributed by atoms with Crippen LogP contribution in [0.25, 0.3) is 10.9 Å². The first-order chi connectivity index (χ1) is 11.0. The Morgan fingerprint density at radius 2 is 1.96 bits per heavy atom. The average molecular weight is 319 g/mol. The van der Waals surface area contributed by atoms with Gasteiger partial charge in [0.05, 0.1) is 11.1 Å². The molecule has 3 N–H and O–H groups in total. The van der Waals surface area contributed by atoms with Gasteiger partial charge in [-0.05, 0) is 38.3 Å². The molecule has 6 nitrogen and oxygen atoms in total. The Morgan fingerprint density at radius 3 is 2.61 bits per heavy atom. The molecular weight excluding hydrogens is 301 g/mol. The highest BCUT2D eigenvalue weighted by molar-refractivity contribution is 6.07. The number of aromatic amines is 1. The van der Waals surface area contributed by atoms with Gasteiger partial charge in [-0.2, -0.15) is 0 Å². The number of likely N-dealkylation sites (tertiary alicyclic amines) is 1. The van der Waals surface area contributed by atoms with Crippen molar-refractivity contribution in [2.75, 3.05) is 13.1 Å². The molecular formula is C16H18FN3O3. The summed E-state index contributed by atoms with van der Waals surface area (Å²) in [5.74, 6) is -1.70. The Labute approximate surface area is 132 Å². The molecule has 0 aliphatic carbocycles. The Balaban J connectivity index is 2.00. The first kappa shape index (κ1) is 15.3. The zero-order valence-corrected chi connectivity index (χ0v) is 12.8. The Hall–Kier alpha value is -2.57. The minimum absolute atomic E-state index is 0.0309. The molecule has 1 fully saturated rings. The molecule has 1 aromatic heterocycles. The minimum Gasteiger partial charge on any atom is -0.406 e. The molecule has 7 heteroatoms. The van der Waals surface area contributed by atoms with Crippen molar-refractivity contribution in [3.63, 3.8) is 0 Å². The summed E-state index contributed by atoms with van der Waals surface area (Å²) in [6.45, 7) is 2.98. The Bertz CT molecular complexity index is 778. The van der Waals surface area contributed by atoms with E-state index in [1.54, 1.807) is 17.9 Å². The summed E-state index contributed by atoms with van der Waals surface area (Å²) in [4.78, 5) is 28.2. The number of amides is 2. The average Bonchev–Trinajstić information content (AvgIpc) is 2.91. The van der Waals surface area contributed by atoms with E-state index in [0.717, 1.165) is 25.3 Å². The number of H-pyrrole nitrogens is 1. The molecule has 0 unspecified atom stereocenters. The van der Waals surface area contributed by atoms with Gasteiger partial charge in [0.2, 0.25) is 0 Å². The van der Waals surface area contributed by atoms with Crippen LogP contribution in [-0.4, -0.2) is 35.0 Å². The number of fused-ring (bicyclic) bond motifs is 1. The summed E-state index contributed by atoms with van der Waals surface area (Å²) in [6.07, 6.45) is 2.33. The molecule has 2 amide bonds. The monoisotopic (exact) mass is 319 g/mol. The standard InChI is InChI=1S/C16H18FN3O3/c1-9-7-10-13(19-9)11(15(18)21)8-12(17)14(10)23-16(22)20-5-3-2-4-6-20/h7-8,19H,2-6H2,1H3,(H2,18,21). The highest BCUT2D eigenvalue weighted by Crippen LogP contribution is 2.33. The summed E-state index contributed by atoms with van der Waals surface area (Å²) in [5, 5.41) is 0.335. The fourth-order valence-electron chi connectivity index (χ4n) is 2.90. The second-order valence-electron chi connectivity index (χ2n) is 5.76. The number of benzene rings is 1. The van der Waals surface area contributed by atoms with Crippen molar-refractivity contribution >= 4 is 22.9 Å². The van der Waals surface area contributed by atoms with E-state index in [2.05, 4.69) is 4.98 Å². The normalized spacial score (nSPS) is 15.0. The quantitative estimate of drug-likeness (QED) is 0.892. The number of piperidine rings is 1. The van der Waals surface area contributed by atoms with E-state index < -0.39 is 17.8 Å². The maximum atomic E-state index is 14.4. The summed E-state index contributed by atoms with van der Waals surface area (Å²) < 4.78 is 19.6. The first-order valence-electron chi connectivity index (χ1n) is 7.55. The predicted octanol–water partition coefficient (Wildman–Crippen LogP) is 2.70. The number of aryl methyl sites for hydroxylation is 1. The summed E-state index contributed by atoms with van der Waals surface area (Å²) in [5.41, 5.74) is 6.40. The number of carbonyl (C=O) groups excluding carboxylic acids is 2. The fraction of sp³-hybridized carbons (Fsp3) is 0.375. The molecule has 3 rings (SSSR count). The van der Waals surface area contributed by atoms with Crippen LogP contribution < -0.4 is 10.5 Å². The van der Waals surface area contributed by atoms with Crippen molar-refractivity contribution in [3.05, 3.63) is 29.2 Å². The highest BCUT2D eigenvalue weighted by atomic mass is 19.1. The smallest absolute Gasteiger partial charge is 0.406 e. The molecule has 23 heavy (non-hydrogen) atoms. The van der Waals surface area contributed by atoms with Crippen LogP contribution >= 0.6 is 0 Å². The third-order valence-electron chi connectivity index (χ3n) is 4.02. The lowest BCUT2D eigenvalue weighted by atomic mass is 10.1. The second kappa shape index (κ2) is 5.91. The lowest BCUT2D eigenvalue weighted by molar-refractivity contribution is 0.100. The summed E-state index contributed by atoms with van der Waals surface area (Å²) >= 11 is 0. The van der Waals surface area contributed by atoms with Crippen LogP contribution in [0.2, 0.25) is 0 Å². The van der Waals surface area contributed by atoms with E-state index in [1.165, 1.54) is 0 Å². The number of ether oxygens (including phenoxy) is 1. The number of halogens is 1. The van der Waals surface area contributed by atoms with Gasteiger partial charge < -0.3 is 20.4 Å². The van der Waals surface area contributed by atoms with Gasteiger partial charge in [-0.3, -0.25) is 4.79 Å². The van der Waals surface area contributed by atoms with E-state index in [9.17, 15) is 14.0 Å². The number of nitrogens with one attached hydrogen (secondary N) is 1. The molecule has 0 radical (unpaired) electrons. The largest absolute Gasteiger partial charge is 0.415 e. The van der Waals surface area contributed by atoms with Gasteiger partial charge >= 0.3 is 6.09 Å². The number of hydrogen-bond acceptors (Lipinski definition) is 3. The van der Waals surface area contributed by atoms with Gasteiger partial charge in [0.25, 0.3) is 5.91 Å². The van der Waals surface area contributed by atoms with Gasteiger partial charge in [0.1, 0.15) is 0 Å². The lowest BCUT2D eigenvalue weighted by Gasteiger charge is -2.25. The molecule has 0 atom stereocenters. The molecule has 1 aliphatic heterocycles. The molecule has 2 heterocycles. The molecule has 0 saturated carbocycles. The molecule has 122 valence electrons. The lowest BCUT2D eigenvalue weighted by Crippen LogP contribution is -2.37. The molecule has 0 spiro atoms. The van der Waals surface area contributed by atoms with Crippen LogP contribution in [-0.2, 0) is 0 Å². The number of hydrogen-bond donors (Lipinski definition) is 2. The predicted molar refractivity (Wildman–Crippen MR) is 83.0 cm³/mol. The van der Waals surface area contributed by atoms with Crippen molar-refractivity contribution in [3.8, 4) is 5.75 Å². The number of aromatic nitrogens is 1. The minimum atomic E-state index is -0.782. The van der Waals surface area contributed by atoms with Crippen molar-refractivity contribution in [1.29, 1.82) is 0 Å². The van der Waals surface area contributed by atoms with Crippen LogP contribution in [0.1, 0.15) is 35.3 Å². The van der Waals surface area contributed by atoms with Gasteiger partial charge in [-0.15, -0.1) is 0 Å². The zero-order valence-electron chi connectivity index (χ0n) is 12.8. The van der Waals surface area contributed by atoms with E-state index in [4.69, 9.17) is 10.5 Å². The van der Waals surface area contributed by atoms with Crippen LogP contribution in [0.5, 0.6) is 5.75 Å². The zero-order chi connectivity index (χ0) is 16.6. The van der Waals surface area contributed by atoms with Crippen LogP contribution in [0.15, 0.2) is 12.1 Å². The summed E-state index contributed by atoms with van der Waals surface area (Å²) in [7, 11) is 0. The van der Waals surface area contributed by atoms with Gasteiger partial charge in [0, 0.05) is 24.2 Å². The van der Waals surface area contributed by atoms with E-state index in [-0.39, 0.29) is 11.3 Å². The van der Waals surface area contributed by atoms with Crippen LogP contribution in [0.4, 0.5) is 9.18 Å². The van der Waals surface area contributed by atoms with Gasteiger partial charge in [-0.1, -0.05) is 0 Å². The van der Waals surface area contributed by atoms with Crippen molar-refractivity contribution in [2.45, 2.75) is 26.2 Å². The summed E-state index contributed by atoms with van der Waals surface area (Å²) in [6, 6.07) is 2.63. The molecule has 2 aromatic rings. The maximum absolute atomic E-state index is 14.4. The van der Waals surface area contributed by atoms with Crippen molar-refractivity contribution < 1.29 is 18.7 Å². The third kappa shape index (κ3) is 2.86. The third-order valence-corrected chi connectivity index (χ3v) is 4.02. The second-order valence-corrected chi connectivity index (χ2v) is 5.76. The number of rotatable bonds is 2. The van der Waals surface area contributed by atoms with Crippen LogP contribution in [0, 0.1) is 12.7 Å². The van der Waals surface area contributed by atoms with Crippen molar-refractivity contribution in [1.82, 2.24) is 9.88 Å². The fourth-order valence-corrected chi connectivity index (χ4v) is 2.90. The van der Waals surface area contributed by atoms with Crippen molar-refractivity contribution in [2.24, 2.45) is 5.73 Å². The molecule has 1 saturated heterocycles. The number of primary amides is 1. The first-order valence-corrected chi connectivity index (χ1v) is 7.55.